The van der Waals surface area contributed by atoms with Crippen molar-refractivity contribution in [3.8, 4) is 11.1 Å². The molecule has 0 fully saturated rings. The first kappa shape index (κ1) is 21.6. The minimum absolute atomic E-state index is 0.0154. The van der Waals surface area contributed by atoms with Crippen LogP contribution >= 0.6 is 11.8 Å². The van der Waals surface area contributed by atoms with Gasteiger partial charge in [0.1, 0.15) is 0 Å². The number of hydrogen-bond donors (Lipinski definition) is 2. The van der Waals surface area contributed by atoms with Crippen LogP contribution in [0.15, 0.2) is 59.5 Å². The van der Waals surface area contributed by atoms with Gasteiger partial charge in [0.15, 0.2) is 12.4 Å². The Hall–Kier alpha value is -3.65. The number of urea groups is 1. The lowest BCUT2D eigenvalue weighted by Crippen LogP contribution is -2.41. The number of ether oxygens (including phenoxy) is 1. The quantitative estimate of drug-likeness (QED) is 0.346. The van der Waals surface area contributed by atoms with Crippen LogP contribution in [-0.2, 0) is 14.3 Å². The van der Waals surface area contributed by atoms with Gasteiger partial charge in [-0.25, -0.2) is 4.79 Å². The van der Waals surface area contributed by atoms with E-state index in [0.717, 1.165) is 26.8 Å². The lowest BCUT2D eigenvalue weighted by Gasteiger charge is -2.21. The molecule has 0 saturated carbocycles. The van der Waals surface area contributed by atoms with E-state index in [1.807, 2.05) is 54.6 Å². The number of imide groups is 1. The third-order valence-corrected chi connectivity index (χ3v) is 6.05. The van der Waals surface area contributed by atoms with E-state index in [4.69, 9.17) is 4.74 Å². The number of carbonyl (C=O) groups is 4. The van der Waals surface area contributed by atoms with Crippen LogP contribution in [0.1, 0.15) is 22.8 Å². The summed E-state index contributed by atoms with van der Waals surface area (Å²) in [6.07, 6.45) is 0. The molecule has 2 N–H and O–H groups in total. The van der Waals surface area contributed by atoms with Crippen molar-refractivity contribution in [1.29, 1.82) is 0 Å². The Morgan fingerprint density at radius 2 is 1.66 bits per heavy atom. The first-order valence-electron chi connectivity index (χ1n) is 10.1. The molecule has 3 aromatic carbocycles. The van der Waals surface area contributed by atoms with E-state index in [0.29, 0.717) is 17.7 Å². The number of fused-ring (bicyclic) bond motifs is 2. The minimum Gasteiger partial charge on any atom is -0.455 e. The SMILES string of the molecule is CCNC(=O)NC(=O)COC(=O)CSc1ccc2c3c(cccc13)C(=O)c1ccccc1-2. The maximum atomic E-state index is 13.0. The number of esters is 1. The first-order chi connectivity index (χ1) is 15.5. The zero-order chi connectivity index (χ0) is 22.7. The van der Waals surface area contributed by atoms with E-state index in [1.54, 1.807) is 6.92 Å². The number of thioether (sulfide) groups is 1. The normalized spacial score (nSPS) is 11.6. The number of ketones is 1. The van der Waals surface area contributed by atoms with E-state index in [-0.39, 0.29) is 11.5 Å². The highest BCUT2D eigenvalue weighted by Gasteiger charge is 2.25. The van der Waals surface area contributed by atoms with Crippen molar-refractivity contribution in [1.82, 2.24) is 10.6 Å². The van der Waals surface area contributed by atoms with Crippen LogP contribution in [0.2, 0.25) is 0 Å². The molecular weight excluding hydrogens is 428 g/mol. The Morgan fingerprint density at radius 3 is 2.44 bits per heavy atom. The molecule has 1 aliphatic carbocycles. The first-order valence-corrected chi connectivity index (χ1v) is 11.0. The molecule has 0 heterocycles. The second-order valence-corrected chi connectivity index (χ2v) is 8.09. The molecule has 0 aliphatic heterocycles. The summed E-state index contributed by atoms with van der Waals surface area (Å²) >= 11 is 1.27. The monoisotopic (exact) mass is 448 g/mol. The Bertz CT molecular complexity index is 1250. The molecular formula is C24H20N2O5S. The van der Waals surface area contributed by atoms with Crippen LogP contribution in [0.25, 0.3) is 21.9 Å². The van der Waals surface area contributed by atoms with Crippen molar-refractivity contribution >= 4 is 46.2 Å². The Kier molecular flexibility index (Phi) is 6.23. The molecule has 0 atom stereocenters. The summed E-state index contributed by atoms with van der Waals surface area (Å²) < 4.78 is 4.95. The summed E-state index contributed by atoms with van der Waals surface area (Å²) in [6, 6.07) is 16.4. The van der Waals surface area contributed by atoms with Gasteiger partial charge in [-0.3, -0.25) is 19.7 Å². The number of rotatable bonds is 6. The average Bonchev–Trinajstić information content (AvgIpc) is 2.80. The standard InChI is InChI=1S/C24H20N2O5S/c1-2-25-24(30)26-20(27)12-31-21(28)13-32-19-11-10-15-14-6-3-4-7-16(14)23(29)18-9-5-8-17(19)22(15)18/h3-11H,2,12-13H2,1H3,(H2,25,26,27,30). The summed E-state index contributed by atoms with van der Waals surface area (Å²) in [5.41, 5.74) is 3.21. The molecule has 162 valence electrons. The molecule has 32 heavy (non-hydrogen) atoms. The highest BCUT2D eigenvalue weighted by atomic mass is 32.2. The molecule has 0 radical (unpaired) electrons. The zero-order valence-corrected chi connectivity index (χ0v) is 18.1. The van der Waals surface area contributed by atoms with Gasteiger partial charge in [-0.1, -0.05) is 48.5 Å². The molecule has 1 aliphatic rings. The van der Waals surface area contributed by atoms with Gasteiger partial charge < -0.3 is 10.1 Å². The minimum atomic E-state index is -0.701. The Labute approximate surface area is 188 Å². The second-order valence-electron chi connectivity index (χ2n) is 7.07. The zero-order valence-electron chi connectivity index (χ0n) is 17.3. The maximum Gasteiger partial charge on any atom is 0.321 e. The number of carbonyl (C=O) groups excluding carboxylic acids is 4. The fraction of sp³-hybridized carbons (Fsp3) is 0.167. The van der Waals surface area contributed by atoms with Gasteiger partial charge in [-0.2, -0.15) is 0 Å². The molecule has 0 aromatic heterocycles. The van der Waals surface area contributed by atoms with Gasteiger partial charge >= 0.3 is 12.0 Å². The van der Waals surface area contributed by atoms with E-state index in [2.05, 4.69) is 10.6 Å². The predicted molar refractivity (Wildman–Crippen MR) is 122 cm³/mol. The van der Waals surface area contributed by atoms with Crippen molar-refractivity contribution in [2.24, 2.45) is 0 Å². The van der Waals surface area contributed by atoms with Crippen LogP contribution in [-0.4, -0.2) is 42.6 Å². The molecule has 3 amide bonds. The smallest absolute Gasteiger partial charge is 0.321 e. The molecule has 7 nitrogen and oxygen atoms in total. The fourth-order valence-corrected chi connectivity index (χ4v) is 4.52. The highest BCUT2D eigenvalue weighted by Crippen LogP contribution is 2.42. The second kappa shape index (κ2) is 9.23. The van der Waals surface area contributed by atoms with Gasteiger partial charge in [-0.15, -0.1) is 11.8 Å². The number of nitrogens with one attached hydrogen (secondary N) is 2. The summed E-state index contributed by atoms with van der Waals surface area (Å²) in [7, 11) is 0. The van der Waals surface area contributed by atoms with Crippen molar-refractivity contribution in [2.45, 2.75) is 11.8 Å². The summed E-state index contributed by atoms with van der Waals surface area (Å²) in [5, 5.41) is 6.24. The summed E-state index contributed by atoms with van der Waals surface area (Å²) in [4.78, 5) is 48.9. The molecule has 0 saturated heterocycles. The van der Waals surface area contributed by atoms with Gasteiger partial charge in [-0.05, 0) is 29.5 Å². The third-order valence-electron chi connectivity index (χ3n) is 5.01. The van der Waals surface area contributed by atoms with Gasteiger partial charge in [0, 0.05) is 28.0 Å². The van der Waals surface area contributed by atoms with Crippen molar-refractivity contribution in [2.75, 3.05) is 18.9 Å². The average molecular weight is 449 g/mol. The van der Waals surface area contributed by atoms with Crippen molar-refractivity contribution < 1.29 is 23.9 Å². The molecule has 3 aromatic rings. The number of benzene rings is 3. The lowest BCUT2D eigenvalue weighted by atomic mass is 9.83. The van der Waals surface area contributed by atoms with Gasteiger partial charge in [0.05, 0.1) is 5.75 Å². The van der Waals surface area contributed by atoms with Crippen LogP contribution < -0.4 is 10.6 Å². The predicted octanol–water partition coefficient (Wildman–Crippen LogP) is 3.53. The summed E-state index contributed by atoms with van der Waals surface area (Å²) in [6.45, 7) is 1.56. The Morgan fingerprint density at radius 1 is 0.906 bits per heavy atom. The molecule has 8 heteroatoms. The van der Waals surface area contributed by atoms with Crippen LogP contribution in [0.4, 0.5) is 4.79 Å². The largest absolute Gasteiger partial charge is 0.455 e. The molecule has 0 spiro atoms. The third kappa shape index (κ3) is 4.22. The van der Waals surface area contributed by atoms with E-state index >= 15 is 0 Å². The van der Waals surface area contributed by atoms with Crippen molar-refractivity contribution in [3.63, 3.8) is 0 Å². The topological polar surface area (TPSA) is 102 Å². The highest BCUT2D eigenvalue weighted by molar-refractivity contribution is 8.00. The molecule has 0 bridgehead atoms. The fourth-order valence-electron chi connectivity index (χ4n) is 3.67. The van der Waals surface area contributed by atoms with Crippen LogP contribution in [0, 0.1) is 0 Å². The van der Waals surface area contributed by atoms with E-state index < -0.39 is 24.5 Å². The van der Waals surface area contributed by atoms with Crippen molar-refractivity contribution in [3.05, 3.63) is 65.7 Å². The summed E-state index contributed by atoms with van der Waals surface area (Å²) in [5.74, 6) is -1.31. The number of amides is 3. The maximum absolute atomic E-state index is 13.0. The number of hydrogen-bond acceptors (Lipinski definition) is 6. The van der Waals surface area contributed by atoms with Gasteiger partial charge in [0.25, 0.3) is 5.91 Å². The van der Waals surface area contributed by atoms with Gasteiger partial charge in [0.2, 0.25) is 0 Å². The lowest BCUT2D eigenvalue weighted by molar-refractivity contribution is -0.145. The van der Waals surface area contributed by atoms with Crippen LogP contribution in [0.3, 0.4) is 0 Å². The molecule has 4 rings (SSSR count). The molecule has 0 unspecified atom stereocenters. The van der Waals surface area contributed by atoms with E-state index in [9.17, 15) is 19.2 Å². The Balaban J connectivity index is 1.48. The van der Waals surface area contributed by atoms with Crippen LogP contribution in [0.5, 0.6) is 0 Å². The van der Waals surface area contributed by atoms with E-state index in [1.165, 1.54) is 11.8 Å².